The van der Waals surface area contributed by atoms with E-state index in [1.165, 1.54) is 24.3 Å². The Labute approximate surface area is 164 Å². The molecule has 0 bridgehead atoms. The predicted octanol–water partition coefficient (Wildman–Crippen LogP) is 2.32. The van der Waals surface area contributed by atoms with Crippen molar-refractivity contribution in [3.63, 3.8) is 0 Å². The van der Waals surface area contributed by atoms with Gasteiger partial charge in [0.05, 0.1) is 5.92 Å². The maximum absolute atomic E-state index is 13.2. The van der Waals surface area contributed by atoms with Crippen LogP contribution in [-0.2, 0) is 17.6 Å². The summed E-state index contributed by atoms with van der Waals surface area (Å²) in [4.78, 5) is 15.9. The fraction of sp³-hybridized carbons (Fsp3) is 0.333. The number of nitrogens with one attached hydrogen (secondary N) is 2. The lowest BCUT2D eigenvalue weighted by molar-refractivity contribution is -0.121. The molecule has 1 amide bonds. The molecule has 0 saturated heterocycles. The summed E-state index contributed by atoms with van der Waals surface area (Å²) in [6.45, 7) is 2.78. The minimum atomic E-state index is -0.455. The Balaban J connectivity index is 1.84. The Kier molecular flexibility index (Phi) is 7.92. The topological polar surface area (TPSA) is 79.5 Å². The highest BCUT2D eigenvalue weighted by atomic mass is 19.1. The number of amides is 1. The molecule has 0 aliphatic heterocycles. The molecule has 150 valence electrons. The predicted molar refractivity (Wildman–Crippen MR) is 107 cm³/mol. The molecule has 4 N–H and O–H groups in total. The Morgan fingerprint density at radius 1 is 1.11 bits per heavy atom. The van der Waals surface area contributed by atoms with Gasteiger partial charge in [0.2, 0.25) is 5.91 Å². The third-order valence-electron chi connectivity index (χ3n) is 4.53. The van der Waals surface area contributed by atoms with Crippen LogP contribution in [0.4, 0.5) is 8.78 Å². The molecule has 0 aliphatic carbocycles. The van der Waals surface area contributed by atoms with Crippen molar-refractivity contribution in [3.8, 4) is 0 Å². The van der Waals surface area contributed by atoms with Gasteiger partial charge in [0.1, 0.15) is 11.6 Å². The van der Waals surface area contributed by atoms with Crippen LogP contribution >= 0.6 is 0 Å². The zero-order chi connectivity index (χ0) is 20.5. The maximum atomic E-state index is 13.2. The summed E-state index contributed by atoms with van der Waals surface area (Å²) < 4.78 is 26.2. The SMILES string of the molecule is CN=C(NCCc1ccc(F)cc1C)NCC(Cc1ccc(F)cc1)C(N)=O. The number of guanidine groups is 1. The van der Waals surface area contributed by atoms with Crippen LogP contribution in [0.2, 0.25) is 0 Å². The van der Waals surface area contributed by atoms with Gasteiger partial charge >= 0.3 is 0 Å². The first kappa shape index (κ1) is 21.3. The molecule has 1 unspecified atom stereocenters. The average molecular weight is 388 g/mol. The van der Waals surface area contributed by atoms with Crippen LogP contribution in [0.25, 0.3) is 0 Å². The van der Waals surface area contributed by atoms with Crippen LogP contribution in [0, 0.1) is 24.5 Å². The normalized spacial score (nSPS) is 12.5. The van der Waals surface area contributed by atoms with Crippen molar-refractivity contribution in [2.45, 2.75) is 19.8 Å². The second-order valence-corrected chi connectivity index (χ2v) is 6.63. The summed E-state index contributed by atoms with van der Waals surface area (Å²) >= 11 is 0. The van der Waals surface area contributed by atoms with Gasteiger partial charge in [-0.1, -0.05) is 18.2 Å². The highest BCUT2D eigenvalue weighted by Gasteiger charge is 2.16. The first-order valence-electron chi connectivity index (χ1n) is 9.12. The van der Waals surface area contributed by atoms with Crippen molar-refractivity contribution in [1.82, 2.24) is 10.6 Å². The summed E-state index contributed by atoms with van der Waals surface area (Å²) in [6.07, 6.45) is 1.12. The molecular weight excluding hydrogens is 362 g/mol. The van der Waals surface area contributed by atoms with Gasteiger partial charge in [-0.15, -0.1) is 0 Å². The Hall–Kier alpha value is -2.96. The highest BCUT2D eigenvalue weighted by molar-refractivity contribution is 5.81. The summed E-state index contributed by atoms with van der Waals surface area (Å²) in [5.74, 6) is -0.911. The van der Waals surface area contributed by atoms with Crippen LogP contribution in [0.5, 0.6) is 0 Å². The van der Waals surface area contributed by atoms with Gasteiger partial charge in [0.15, 0.2) is 5.96 Å². The second-order valence-electron chi connectivity index (χ2n) is 6.63. The van der Waals surface area contributed by atoms with E-state index in [1.54, 1.807) is 25.2 Å². The number of benzene rings is 2. The highest BCUT2D eigenvalue weighted by Crippen LogP contribution is 2.11. The summed E-state index contributed by atoms with van der Waals surface area (Å²) in [6, 6.07) is 10.7. The molecule has 1 atom stereocenters. The largest absolute Gasteiger partial charge is 0.369 e. The van der Waals surface area contributed by atoms with Crippen molar-refractivity contribution in [1.29, 1.82) is 0 Å². The number of aliphatic imine (C=N–C) groups is 1. The number of primary amides is 1. The van der Waals surface area contributed by atoms with Crippen molar-refractivity contribution in [2.24, 2.45) is 16.6 Å². The Bertz CT molecular complexity index is 822. The standard InChI is InChI=1S/C21H26F2N4O/c1-14-11-19(23)8-5-16(14)9-10-26-21(25-2)27-13-17(20(24)28)12-15-3-6-18(22)7-4-15/h3-8,11,17H,9-10,12-13H2,1-2H3,(H2,24,28)(H2,25,26,27). The van der Waals surface area contributed by atoms with Gasteiger partial charge < -0.3 is 16.4 Å². The molecule has 5 nitrogen and oxygen atoms in total. The number of nitrogens with zero attached hydrogens (tertiary/aromatic N) is 1. The van der Waals surface area contributed by atoms with Crippen LogP contribution in [0.3, 0.4) is 0 Å². The molecule has 0 radical (unpaired) electrons. The number of rotatable bonds is 8. The average Bonchev–Trinajstić information content (AvgIpc) is 2.66. The summed E-state index contributed by atoms with van der Waals surface area (Å²) in [5.41, 5.74) is 8.29. The molecule has 2 rings (SSSR count). The molecule has 0 aromatic heterocycles. The van der Waals surface area contributed by atoms with Gasteiger partial charge in [-0.3, -0.25) is 9.79 Å². The minimum Gasteiger partial charge on any atom is -0.369 e. The van der Waals surface area contributed by atoms with E-state index in [0.717, 1.165) is 16.7 Å². The third-order valence-corrected chi connectivity index (χ3v) is 4.53. The van der Waals surface area contributed by atoms with E-state index in [9.17, 15) is 13.6 Å². The van der Waals surface area contributed by atoms with Gasteiger partial charge in [0, 0.05) is 20.1 Å². The minimum absolute atomic E-state index is 0.245. The van der Waals surface area contributed by atoms with E-state index in [-0.39, 0.29) is 11.6 Å². The molecule has 28 heavy (non-hydrogen) atoms. The van der Waals surface area contributed by atoms with E-state index < -0.39 is 11.8 Å². The van der Waals surface area contributed by atoms with E-state index in [2.05, 4.69) is 15.6 Å². The molecule has 0 heterocycles. The molecule has 0 aliphatic rings. The lowest BCUT2D eigenvalue weighted by Gasteiger charge is -2.17. The van der Waals surface area contributed by atoms with Gasteiger partial charge in [-0.05, 0) is 60.7 Å². The number of carbonyl (C=O) groups excluding carboxylic acids is 1. The van der Waals surface area contributed by atoms with Crippen molar-refractivity contribution in [3.05, 3.63) is 70.8 Å². The molecular formula is C21H26F2N4O. The van der Waals surface area contributed by atoms with E-state index in [4.69, 9.17) is 5.73 Å². The molecule has 7 heteroatoms. The fourth-order valence-electron chi connectivity index (χ4n) is 2.87. The van der Waals surface area contributed by atoms with Crippen molar-refractivity contribution in [2.75, 3.05) is 20.1 Å². The monoisotopic (exact) mass is 388 g/mol. The van der Waals surface area contributed by atoms with Crippen LogP contribution in [0.1, 0.15) is 16.7 Å². The molecule has 2 aromatic carbocycles. The smallest absolute Gasteiger partial charge is 0.222 e. The van der Waals surface area contributed by atoms with Crippen LogP contribution < -0.4 is 16.4 Å². The zero-order valence-electron chi connectivity index (χ0n) is 16.1. The number of carbonyl (C=O) groups is 1. The van der Waals surface area contributed by atoms with Crippen molar-refractivity contribution < 1.29 is 13.6 Å². The number of nitrogens with two attached hydrogens (primary N) is 1. The number of halogens is 2. The first-order valence-corrected chi connectivity index (χ1v) is 9.12. The lowest BCUT2D eigenvalue weighted by atomic mass is 9.98. The van der Waals surface area contributed by atoms with E-state index in [1.807, 2.05) is 6.92 Å². The van der Waals surface area contributed by atoms with Gasteiger partial charge in [0.25, 0.3) is 0 Å². The number of aryl methyl sites for hydroxylation is 1. The van der Waals surface area contributed by atoms with Gasteiger partial charge in [-0.2, -0.15) is 0 Å². The van der Waals surface area contributed by atoms with Gasteiger partial charge in [-0.25, -0.2) is 8.78 Å². The second kappa shape index (κ2) is 10.4. The number of hydrogen-bond donors (Lipinski definition) is 3. The summed E-state index contributed by atoms with van der Waals surface area (Å²) in [7, 11) is 1.64. The maximum Gasteiger partial charge on any atom is 0.222 e. The Morgan fingerprint density at radius 2 is 1.79 bits per heavy atom. The fourth-order valence-corrected chi connectivity index (χ4v) is 2.87. The van der Waals surface area contributed by atoms with E-state index >= 15 is 0 Å². The Morgan fingerprint density at radius 3 is 2.39 bits per heavy atom. The number of hydrogen-bond acceptors (Lipinski definition) is 2. The molecule has 2 aromatic rings. The quantitative estimate of drug-likeness (QED) is 0.480. The molecule has 0 fully saturated rings. The van der Waals surface area contributed by atoms with Crippen molar-refractivity contribution >= 4 is 11.9 Å². The lowest BCUT2D eigenvalue weighted by Crippen LogP contribution is -2.43. The zero-order valence-corrected chi connectivity index (χ0v) is 16.1. The first-order chi connectivity index (χ1) is 13.4. The van der Waals surface area contributed by atoms with Crippen LogP contribution in [-0.4, -0.2) is 32.0 Å². The van der Waals surface area contributed by atoms with E-state index in [0.29, 0.717) is 31.9 Å². The van der Waals surface area contributed by atoms with Crippen LogP contribution in [0.15, 0.2) is 47.5 Å². The summed E-state index contributed by atoms with van der Waals surface area (Å²) in [5, 5.41) is 6.27. The molecule has 0 saturated carbocycles. The third kappa shape index (κ3) is 6.64. The molecule has 0 spiro atoms.